The van der Waals surface area contributed by atoms with Crippen LogP contribution in [0.4, 0.5) is 79.0 Å². The minimum atomic E-state index is -7.17. The summed E-state index contributed by atoms with van der Waals surface area (Å²) in [5, 5.41) is 22.5. The molecule has 0 aliphatic rings. The predicted molar refractivity (Wildman–Crippen MR) is 113 cm³/mol. The summed E-state index contributed by atoms with van der Waals surface area (Å²) in [5.74, 6) is -50.5. The number of rotatable bonds is 8. The molecule has 0 atom stereocenters. The van der Waals surface area contributed by atoms with Crippen LogP contribution in [0, 0.1) is 10.8 Å². The Kier molecular flexibility index (Phi) is 15.0. The first-order chi connectivity index (χ1) is 18.6. The van der Waals surface area contributed by atoms with Gasteiger partial charge in [0.2, 0.25) is 11.6 Å². The van der Waals surface area contributed by atoms with Gasteiger partial charge in [0.15, 0.2) is 0 Å². The van der Waals surface area contributed by atoms with E-state index in [-0.39, 0.29) is 48.9 Å². The fraction of sp³-hybridized carbons (Fsp3) is 0.727. The molecule has 0 spiro atoms. The molecule has 0 heterocycles. The minimum absolute atomic E-state index is 0. The van der Waals surface area contributed by atoms with Crippen molar-refractivity contribution in [2.24, 2.45) is 10.8 Å². The number of halogens is 18. The number of ketones is 2. The average molecular weight is 828 g/mol. The van der Waals surface area contributed by atoms with Gasteiger partial charge in [0.1, 0.15) is 0 Å². The maximum absolute atomic E-state index is 13.1. The van der Waals surface area contributed by atoms with Crippen molar-refractivity contribution < 1.29 is 98.8 Å². The predicted octanol–water partition coefficient (Wildman–Crippen LogP) is 6.25. The third kappa shape index (κ3) is 9.87. The number of alkyl halides is 18. The minimum Gasteiger partial charge on any atom is -0.875 e. The molecule has 4 nitrogen and oxygen atoms in total. The van der Waals surface area contributed by atoms with E-state index in [0.29, 0.717) is 0 Å². The summed E-state index contributed by atoms with van der Waals surface area (Å²) in [7, 11) is 0. The summed E-state index contributed by atoms with van der Waals surface area (Å²) >= 11 is 0. The fourth-order valence-electron chi connectivity index (χ4n) is 1.91. The maximum atomic E-state index is 13.1. The number of carbonyl (C=O) groups is 2. The van der Waals surface area contributed by atoms with E-state index in [1.54, 1.807) is 0 Å². The van der Waals surface area contributed by atoms with Crippen molar-refractivity contribution in [2.75, 3.05) is 0 Å². The first-order valence-corrected chi connectivity index (χ1v) is 10.9. The van der Waals surface area contributed by atoms with Gasteiger partial charge in [-0.15, -0.1) is 11.5 Å². The Morgan fingerprint density at radius 2 is 0.600 bits per heavy atom. The molecule has 0 N–H and O–H groups in total. The molecule has 0 saturated heterocycles. The van der Waals surface area contributed by atoms with Gasteiger partial charge in [0.05, 0.1) is 0 Å². The van der Waals surface area contributed by atoms with Gasteiger partial charge in [0, 0.05) is 0 Å². The first-order valence-electron chi connectivity index (χ1n) is 10.9. The van der Waals surface area contributed by atoms with Crippen LogP contribution in [-0.2, 0) is 9.59 Å². The van der Waals surface area contributed by atoms with Crippen LogP contribution in [-0.4, -0.2) is 108 Å². The van der Waals surface area contributed by atoms with E-state index in [0.717, 1.165) is 41.5 Å². The second-order valence-corrected chi connectivity index (χ2v) is 10.7. The molecule has 0 aromatic carbocycles. The van der Waals surface area contributed by atoms with Crippen molar-refractivity contribution in [1.82, 2.24) is 0 Å². The van der Waals surface area contributed by atoms with Crippen molar-refractivity contribution in [3.8, 4) is 0 Å². The summed E-state index contributed by atoms with van der Waals surface area (Å²) in [4.78, 5) is 21.9. The van der Waals surface area contributed by atoms with Gasteiger partial charge < -0.3 is 10.2 Å². The zero-order chi connectivity index (χ0) is 36.7. The molecule has 0 aromatic rings. The average Bonchev–Trinajstić information content (AvgIpc) is 2.75. The van der Waals surface area contributed by atoms with E-state index in [4.69, 9.17) is 0 Å². The zero-order valence-electron chi connectivity index (χ0n) is 23.3. The van der Waals surface area contributed by atoms with Crippen molar-refractivity contribution in [3.63, 3.8) is 0 Å². The molecule has 0 bridgehead atoms. The number of allylic oxidation sites excluding steroid dienone is 4. The summed E-state index contributed by atoms with van der Waals surface area (Å²) < 4.78 is 225. The van der Waals surface area contributed by atoms with Gasteiger partial charge in [-0.05, 0) is 23.0 Å². The molecule has 45 heavy (non-hydrogen) atoms. The number of carbonyl (C=O) groups excluding carboxylic acids is 2. The molecule has 0 saturated carbocycles. The van der Waals surface area contributed by atoms with Crippen molar-refractivity contribution >= 4 is 60.4 Å². The normalized spacial score (nSPS) is 15.6. The standard InChI is InChI=1S/2C11H11F9O2.Ba/c2*1-7(2,3)5(21)4-6(22)8(12,13)9(14,15)10(16,17)11(18,19)20;/h2*4,21H,1-3H3;/q;;+2/p-2/b2*5-4-;. The molecule has 0 unspecified atom stereocenters. The maximum Gasteiger partial charge on any atom is 2.00 e. The third-order valence-electron chi connectivity index (χ3n) is 4.91. The molecular formula is C22H20BaF18O4. The monoisotopic (exact) mass is 828 g/mol. The van der Waals surface area contributed by atoms with Crippen LogP contribution in [0.5, 0.6) is 0 Å². The van der Waals surface area contributed by atoms with Gasteiger partial charge in [-0.25, -0.2) is 0 Å². The van der Waals surface area contributed by atoms with Gasteiger partial charge >= 0.3 is 96.8 Å². The summed E-state index contributed by atoms with van der Waals surface area (Å²) in [5.41, 5.74) is -3.01. The molecule has 260 valence electrons. The molecule has 0 rings (SSSR count). The SMILES string of the molecule is CC(C)(C)/C([O-])=C/C(=O)C(F)(F)C(F)(F)C(F)(F)C(F)(F)F.CC(C)(C)/C([O-])=C/C(=O)C(F)(F)C(F)(F)C(F)(F)C(F)(F)F.[Ba+2]. The van der Waals surface area contributed by atoms with Crippen LogP contribution < -0.4 is 10.2 Å². The Bertz CT molecular complexity index is 1030. The Balaban J connectivity index is -0.000000767. The molecule has 23 heteroatoms. The van der Waals surface area contributed by atoms with Gasteiger partial charge in [-0.1, -0.05) is 41.5 Å². The van der Waals surface area contributed by atoms with Crippen molar-refractivity contribution in [2.45, 2.75) is 89.4 Å². The van der Waals surface area contributed by atoms with Crippen LogP contribution in [0.15, 0.2) is 23.7 Å². The van der Waals surface area contributed by atoms with E-state index in [1.807, 2.05) is 0 Å². The first kappa shape index (κ1) is 48.1. The van der Waals surface area contributed by atoms with Crippen LogP contribution in [0.3, 0.4) is 0 Å². The molecule has 0 radical (unpaired) electrons. The van der Waals surface area contributed by atoms with Gasteiger partial charge in [-0.3, -0.25) is 9.59 Å². The van der Waals surface area contributed by atoms with Crippen LogP contribution in [0.2, 0.25) is 0 Å². The summed E-state index contributed by atoms with van der Waals surface area (Å²) in [6.45, 7) is 6.50. The largest absolute Gasteiger partial charge is 2.00 e. The number of hydrogen-bond acceptors (Lipinski definition) is 4. The second kappa shape index (κ2) is 14.1. The molecular weight excluding hydrogens is 808 g/mol. The quantitative estimate of drug-likeness (QED) is 0.126. The zero-order valence-corrected chi connectivity index (χ0v) is 27.7. The number of hydrogen-bond donors (Lipinski definition) is 0. The Labute approximate surface area is 281 Å². The molecule has 0 aliphatic carbocycles. The fourth-order valence-corrected chi connectivity index (χ4v) is 1.91. The van der Waals surface area contributed by atoms with E-state index in [2.05, 4.69) is 0 Å². The van der Waals surface area contributed by atoms with E-state index >= 15 is 0 Å². The van der Waals surface area contributed by atoms with Crippen molar-refractivity contribution in [1.29, 1.82) is 0 Å². The van der Waals surface area contributed by atoms with Gasteiger partial charge in [-0.2, -0.15) is 79.0 Å². The molecule has 0 fully saturated rings. The van der Waals surface area contributed by atoms with E-state index in [1.165, 1.54) is 0 Å². The van der Waals surface area contributed by atoms with E-state index < -0.39 is 94.0 Å². The van der Waals surface area contributed by atoms with Crippen LogP contribution in [0.1, 0.15) is 41.5 Å². The molecule has 0 aromatic heterocycles. The molecule has 0 aliphatic heterocycles. The van der Waals surface area contributed by atoms with Gasteiger partial charge in [0.25, 0.3) is 0 Å². The summed E-state index contributed by atoms with van der Waals surface area (Å²) in [6, 6.07) is 0. The summed E-state index contributed by atoms with van der Waals surface area (Å²) in [6.07, 6.45) is -15.3. The third-order valence-corrected chi connectivity index (χ3v) is 4.91. The topological polar surface area (TPSA) is 80.3 Å². The second-order valence-electron chi connectivity index (χ2n) is 10.7. The van der Waals surface area contributed by atoms with Crippen molar-refractivity contribution in [3.05, 3.63) is 23.7 Å². The Hall–Kier alpha value is -1.27. The Morgan fingerprint density at radius 3 is 0.733 bits per heavy atom. The van der Waals surface area contributed by atoms with E-state index in [9.17, 15) is 98.8 Å². The Morgan fingerprint density at radius 1 is 0.422 bits per heavy atom. The smallest absolute Gasteiger partial charge is 0.875 e. The van der Waals surface area contributed by atoms with Crippen LogP contribution in [0.25, 0.3) is 0 Å². The van der Waals surface area contributed by atoms with Crippen LogP contribution >= 0.6 is 0 Å². The molecule has 0 amide bonds.